The average Bonchev–Trinajstić information content (AvgIpc) is 2.93. The summed E-state index contributed by atoms with van der Waals surface area (Å²) in [5, 5.41) is 17.1. The molecule has 1 aliphatic carbocycles. The molecule has 2 fully saturated rings. The van der Waals surface area contributed by atoms with Gasteiger partial charge in [-0.25, -0.2) is 0 Å². The van der Waals surface area contributed by atoms with Gasteiger partial charge in [0.2, 0.25) is 0 Å². The van der Waals surface area contributed by atoms with Crippen LogP contribution < -0.4 is 15.4 Å². The Bertz CT molecular complexity index is 1020. The van der Waals surface area contributed by atoms with Crippen molar-refractivity contribution in [2.75, 3.05) is 18.0 Å². The Morgan fingerprint density at radius 3 is 2.31 bits per heavy atom. The molecule has 0 atom stereocenters. The lowest BCUT2D eigenvalue weighted by molar-refractivity contribution is -0.111. The highest BCUT2D eigenvalue weighted by atomic mass is 35.5. The standard InChI is InChI=1S/C14H16ClNO.C11H14N4O2.C2H6/c1-10-13(8-7-11(9-16)14(10)15)17-12-5-3-2-4-6-12;12-11(17)9-1-2-10(14-13-9)15-5-3-8(7-16)4-6-15;1-2/h7-8,12H,2-6H2,1H3;1-2,7-8H,3-6H2,(H2,12,17);1-2H3. The van der Waals surface area contributed by atoms with Gasteiger partial charge in [-0.15, -0.1) is 10.2 Å². The second-order valence-electron chi connectivity index (χ2n) is 8.64. The molecule has 36 heavy (non-hydrogen) atoms. The summed E-state index contributed by atoms with van der Waals surface area (Å²) in [6.45, 7) is 7.48. The van der Waals surface area contributed by atoms with Crippen molar-refractivity contribution in [3.8, 4) is 11.8 Å². The number of carbonyl (C=O) groups is 2. The molecule has 2 aliphatic rings. The number of halogens is 1. The van der Waals surface area contributed by atoms with Gasteiger partial charge in [0.25, 0.3) is 5.91 Å². The molecule has 2 heterocycles. The Morgan fingerprint density at radius 2 is 1.78 bits per heavy atom. The number of primary amides is 1. The number of nitriles is 1. The third-order valence-corrected chi connectivity index (χ3v) is 6.75. The lowest BCUT2D eigenvalue weighted by Gasteiger charge is -2.30. The van der Waals surface area contributed by atoms with E-state index < -0.39 is 5.91 Å². The highest BCUT2D eigenvalue weighted by molar-refractivity contribution is 6.32. The molecule has 2 N–H and O–H groups in total. The number of benzene rings is 1. The van der Waals surface area contributed by atoms with Crippen LogP contribution in [0.2, 0.25) is 5.02 Å². The zero-order chi connectivity index (χ0) is 26.5. The smallest absolute Gasteiger partial charge is 0.269 e. The molecule has 1 aromatic carbocycles. The van der Waals surface area contributed by atoms with Crippen molar-refractivity contribution in [3.05, 3.63) is 46.1 Å². The number of hydrogen-bond acceptors (Lipinski definition) is 7. The van der Waals surface area contributed by atoms with Gasteiger partial charge in [0.05, 0.1) is 16.7 Å². The van der Waals surface area contributed by atoms with Gasteiger partial charge in [-0.2, -0.15) is 5.26 Å². The number of anilines is 1. The van der Waals surface area contributed by atoms with Crippen molar-refractivity contribution in [2.45, 2.75) is 71.8 Å². The number of nitrogens with zero attached hydrogens (tertiary/aromatic N) is 4. The minimum absolute atomic E-state index is 0.157. The summed E-state index contributed by atoms with van der Waals surface area (Å²) < 4.78 is 5.97. The van der Waals surface area contributed by atoms with E-state index in [9.17, 15) is 9.59 Å². The number of nitrogens with two attached hydrogens (primary N) is 1. The Hall–Kier alpha value is -3.18. The maximum absolute atomic E-state index is 10.8. The maximum Gasteiger partial charge on any atom is 0.269 e. The fraction of sp³-hybridized carbons (Fsp3) is 0.519. The van der Waals surface area contributed by atoms with E-state index >= 15 is 0 Å². The fourth-order valence-corrected chi connectivity index (χ4v) is 4.33. The molecule has 1 aromatic heterocycles. The van der Waals surface area contributed by atoms with Crippen LogP contribution in [0.25, 0.3) is 0 Å². The van der Waals surface area contributed by atoms with Crippen molar-refractivity contribution in [1.82, 2.24) is 10.2 Å². The molecule has 1 saturated carbocycles. The molecule has 194 valence electrons. The van der Waals surface area contributed by atoms with Crippen molar-refractivity contribution < 1.29 is 14.3 Å². The van der Waals surface area contributed by atoms with Gasteiger partial charge in [0.15, 0.2) is 11.5 Å². The van der Waals surface area contributed by atoms with E-state index in [2.05, 4.69) is 21.2 Å². The van der Waals surface area contributed by atoms with Crippen LogP contribution in [0.4, 0.5) is 5.82 Å². The van der Waals surface area contributed by atoms with Gasteiger partial charge >= 0.3 is 0 Å². The van der Waals surface area contributed by atoms with E-state index in [0.717, 1.165) is 62.2 Å². The van der Waals surface area contributed by atoms with Crippen LogP contribution in [0.15, 0.2) is 24.3 Å². The van der Waals surface area contributed by atoms with Gasteiger partial charge in [-0.1, -0.05) is 31.9 Å². The van der Waals surface area contributed by atoms with Crippen LogP contribution >= 0.6 is 11.6 Å². The summed E-state index contributed by atoms with van der Waals surface area (Å²) in [7, 11) is 0. The van der Waals surface area contributed by atoms with Crippen molar-refractivity contribution in [2.24, 2.45) is 11.7 Å². The van der Waals surface area contributed by atoms with Crippen LogP contribution in [-0.4, -0.2) is 41.6 Å². The van der Waals surface area contributed by atoms with Crippen molar-refractivity contribution in [1.29, 1.82) is 5.26 Å². The molecular weight excluding hydrogens is 478 g/mol. The molecule has 1 amide bonds. The van der Waals surface area contributed by atoms with Crippen molar-refractivity contribution in [3.63, 3.8) is 0 Å². The SMILES string of the molecule is CC.Cc1c(OC2CCCCC2)ccc(C#N)c1Cl.NC(=O)c1ccc(N2CCC(C=O)CC2)nn1. The molecular formula is C27H36ClN5O3. The largest absolute Gasteiger partial charge is 0.490 e. The third kappa shape index (κ3) is 8.20. The van der Waals surface area contributed by atoms with Crippen LogP contribution in [0.3, 0.4) is 0 Å². The number of aromatic nitrogens is 2. The first-order valence-corrected chi connectivity index (χ1v) is 13.0. The van der Waals surface area contributed by atoms with E-state index in [4.69, 9.17) is 27.3 Å². The Balaban J connectivity index is 0.000000237. The monoisotopic (exact) mass is 513 g/mol. The maximum atomic E-state index is 10.8. The van der Waals surface area contributed by atoms with Gasteiger partial charge < -0.3 is 20.2 Å². The molecule has 1 saturated heterocycles. The Morgan fingerprint density at radius 1 is 1.11 bits per heavy atom. The summed E-state index contributed by atoms with van der Waals surface area (Å²) in [4.78, 5) is 23.5. The molecule has 1 aliphatic heterocycles. The van der Waals surface area contributed by atoms with Crippen LogP contribution in [-0.2, 0) is 4.79 Å². The lowest BCUT2D eigenvalue weighted by Crippen LogP contribution is -2.34. The molecule has 4 rings (SSSR count). The topological polar surface area (TPSA) is 122 Å². The number of carbonyl (C=O) groups excluding carboxylic acids is 2. The van der Waals surface area contributed by atoms with Crippen LogP contribution in [0.5, 0.6) is 5.75 Å². The fourth-order valence-electron chi connectivity index (χ4n) is 4.13. The van der Waals surface area contributed by atoms with Crippen LogP contribution in [0.1, 0.15) is 80.4 Å². The number of rotatable bonds is 5. The summed E-state index contributed by atoms with van der Waals surface area (Å²) in [5.74, 6) is 1.12. The molecule has 2 aromatic rings. The quantitative estimate of drug-likeness (QED) is 0.541. The van der Waals surface area contributed by atoms with Gasteiger partial charge in [0, 0.05) is 24.6 Å². The van der Waals surface area contributed by atoms with E-state index in [-0.39, 0.29) is 11.6 Å². The number of piperidine rings is 1. The second kappa shape index (κ2) is 15.0. The van der Waals surface area contributed by atoms with Gasteiger partial charge in [-0.05, 0) is 69.7 Å². The summed E-state index contributed by atoms with van der Waals surface area (Å²) in [6.07, 6.45) is 9.04. The van der Waals surface area contributed by atoms with E-state index in [0.29, 0.717) is 16.7 Å². The number of ether oxygens (including phenoxy) is 1. The summed E-state index contributed by atoms with van der Waals surface area (Å²) >= 11 is 6.11. The third-order valence-electron chi connectivity index (χ3n) is 6.26. The van der Waals surface area contributed by atoms with E-state index in [1.165, 1.54) is 19.3 Å². The van der Waals surface area contributed by atoms with Gasteiger partial charge in [-0.3, -0.25) is 4.79 Å². The highest BCUT2D eigenvalue weighted by Crippen LogP contribution is 2.31. The predicted octanol–water partition coefficient (Wildman–Crippen LogP) is 5.25. The number of hydrogen-bond donors (Lipinski definition) is 1. The highest BCUT2D eigenvalue weighted by Gasteiger charge is 2.20. The summed E-state index contributed by atoms with van der Waals surface area (Å²) in [6, 6.07) is 8.96. The Kier molecular flexibility index (Phi) is 12.1. The predicted molar refractivity (Wildman–Crippen MR) is 141 cm³/mol. The van der Waals surface area contributed by atoms with Crippen molar-refractivity contribution >= 4 is 29.6 Å². The zero-order valence-electron chi connectivity index (χ0n) is 21.4. The van der Waals surface area contributed by atoms with E-state index in [1.807, 2.05) is 26.8 Å². The molecule has 0 spiro atoms. The zero-order valence-corrected chi connectivity index (χ0v) is 22.1. The van der Waals surface area contributed by atoms with Gasteiger partial charge in [0.1, 0.15) is 18.1 Å². The minimum atomic E-state index is -0.580. The molecule has 0 radical (unpaired) electrons. The summed E-state index contributed by atoms with van der Waals surface area (Å²) in [5.41, 5.74) is 6.63. The second-order valence-corrected chi connectivity index (χ2v) is 9.02. The number of aldehydes is 1. The normalized spacial score (nSPS) is 15.9. The van der Waals surface area contributed by atoms with E-state index in [1.54, 1.807) is 18.2 Å². The lowest BCUT2D eigenvalue weighted by atomic mass is 9.97. The average molecular weight is 514 g/mol. The Labute approximate surface area is 218 Å². The van der Waals surface area contributed by atoms with Crippen LogP contribution in [0, 0.1) is 24.2 Å². The number of amides is 1. The minimum Gasteiger partial charge on any atom is -0.490 e. The molecule has 0 bridgehead atoms. The first-order chi connectivity index (χ1) is 17.4. The first-order valence-electron chi connectivity index (χ1n) is 12.6. The molecule has 9 heteroatoms. The molecule has 0 unspecified atom stereocenters. The first kappa shape index (κ1) is 29.1. The molecule has 8 nitrogen and oxygen atoms in total.